The van der Waals surface area contributed by atoms with Crippen LogP contribution in [0.25, 0.3) is 178 Å². The van der Waals surface area contributed by atoms with Gasteiger partial charge in [-0.2, -0.15) is 9.97 Å². The smallest absolute Gasteiger partial charge is 0.238 e. The number of hydrogen-bond acceptors (Lipinski definition) is 6. The molecule has 0 bridgehead atoms. The molecule has 10 heteroatoms. The predicted octanol–water partition coefficient (Wildman–Crippen LogP) is 22.4. The molecule has 0 saturated carbocycles. The van der Waals surface area contributed by atoms with E-state index in [9.17, 15) is 0 Å². The molecule has 0 radical (unpaired) electrons. The summed E-state index contributed by atoms with van der Waals surface area (Å²) in [5, 5.41) is 9.64. The average molecular weight is 1290 g/mol. The first-order valence-corrected chi connectivity index (χ1v) is 34.0. The van der Waals surface area contributed by atoms with Gasteiger partial charge in [0, 0.05) is 93.5 Å². The van der Waals surface area contributed by atoms with Crippen LogP contribution < -0.4 is 0 Å². The minimum Gasteiger partial charge on any atom is -0.309 e. The second-order valence-corrected chi connectivity index (χ2v) is 25.4. The van der Waals surface area contributed by atoms with E-state index in [0.717, 1.165) is 77.8 Å². The quantitative estimate of drug-likeness (QED) is 0.135. The predicted molar refractivity (Wildman–Crippen MR) is 414 cm³/mol. The molecule has 10 nitrogen and oxygen atoms in total. The Balaban J connectivity index is 0.000000140. The highest BCUT2D eigenvalue weighted by atomic mass is 15.2. The molecule has 0 amide bonds. The zero-order valence-electron chi connectivity index (χ0n) is 54.9. The molecule has 474 valence electrons. The third-order valence-electron chi connectivity index (χ3n) is 19.4. The molecule has 101 heavy (non-hydrogen) atoms. The van der Waals surface area contributed by atoms with Gasteiger partial charge >= 0.3 is 0 Å². The highest BCUT2D eigenvalue weighted by Gasteiger charge is 2.24. The van der Waals surface area contributed by atoms with E-state index in [1.165, 1.54) is 71.0 Å². The fraction of sp³-hybridized carbons (Fsp3) is 0.0110. The molecule has 6 heterocycles. The molecule has 0 aliphatic carbocycles. The number of fused-ring (bicyclic) bond motifs is 12. The molecule has 0 fully saturated rings. The topological polar surface area (TPSA) is 97.1 Å². The molecular weight excluding hydrogens is 1230 g/mol. The maximum atomic E-state index is 5.17. The largest absolute Gasteiger partial charge is 0.309 e. The van der Waals surface area contributed by atoms with Gasteiger partial charge in [0.1, 0.15) is 5.82 Å². The molecular formula is C91H60N10. The van der Waals surface area contributed by atoms with Gasteiger partial charge in [-0.3, -0.25) is 4.57 Å². The maximum absolute atomic E-state index is 5.17. The summed E-state index contributed by atoms with van der Waals surface area (Å²) in [6.07, 6.45) is 0. The van der Waals surface area contributed by atoms with Crippen LogP contribution in [0, 0.1) is 6.92 Å². The Kier molecular flexibility index (Phi) is 14.2. The van der Waals surface area contributed by atoms with Crippen LogP contribution in [0.3, 0.4) is 0 Å². The van der Waals surface area contributed by atoms with Gasteiger partial charge in [0.15, 0.2) is 23.3 Å². The Hall–Kier alpha value is -13.7. The van der Waals surface area contributed by atoms with Crippen LogP contribution in [0.5, 0.6) is 0 Å². The molecule has 0 saturated heterocycles. The zero-order valence-corrected chi connectivity index (χ0v) is 54.9. The van der Waals surface area contributed by atoms with E-state index < -0.39 is 0 Å². The van der Waals surface area contributed by atoms with Crippen molar-refractivity contribution in [3.05, 3.63) is 352 Å². The lowest BCUT2D eigenvalue weighted by Crippen LogP contribution is -2.06. The Morgan fingerprint density at radius 2 is 0.495 bits per heavy atom. The summed E-state index contributed by atoms with van der Waals surface area (Å²) in [6, 6.07) is 122. The third kappa shape index (κ3) is 10.1. The zero-order chi connectivity index (χ0) is 66.9. The molecule has 0 N–H and O–H groups in total. The second kappa shape index (κ2) is 24.4. The van der Waals surface area contributed by atoms with E-state index >= 15 is 0 Å². The van der Waals surface area contributed by atoms with E-state index in [-0.39, 0.29) is 0 Å². The van der Waals surface area contributed by atoms with Gasteiger partial charge in [-0.05, 0) is 115 Å². The summed E-state index contributed by atoms with van der Waals surface area (Å²) in [5.74, 6) is 3.88. The highest BCUT2D eigenvalue weighted by molar-refractivity contribution is 6.18. The summed E-state index contributed by atoms with van der Waals surface area (Å²) >= 11 is 0. The molecule has 0 atom stereocenters. The normalized spacial score (nSPS) is 11.6. The van der Waals surface area contributed by atoms with Crippen molar-refractivity contribution in [3.63, 3.8) is 0 Å². The fourth-order valence-electron chi connectivity index (χ4n) is 15.0. The molecule has 14 aromatic carbocycles. The van der Waals surface area contributed by atoms with Crippen molar-refractivity contribution in [2.45, 2.75) is 6.92 Å². The monoisotopic (exact) mass is 1290 g/mol. The van der Waals surface area contributed by atoms with Crippen LogP contribution in [0.4, 0.5) is 0 Å². The van der Waals surface area contributed by atoms with Crippen molar-refractivity contribution in [2.24, 2.45) is 0 Å². The average Bonchev–Trinajstić information content (AvgIpc) is 1.58. The minimum absolute atomic E-state index is 0.582. The van der Waals surface area contributed by atoms with E-state index in [4.69, 9.17) is 24.9 Å². The van der Waals surface area contributed by atoms with Gasteiger partial charge in [-0.15, -0.1) is 0 Å². The first kappa shape index (κ1) is 58.6. The van der Waals surface area contributed by atoms with Crippen LogP contribution in [0.1, 0.15) is 5.82 Å². The number of hydrogen-bond donors (Lipinski definition) is 0. The van der Waals surface area contributed by atoms with Gasteiger partial charge in [0.05, 0.1) is 44.1 Å². The summed E-state index contributed by atoms with van der Waals surface area (Å²) < 4.78 is 9.34. The number of aromatic nitrogens is 10. The summed E-state index contributed by atoms with van der Waals surface area (Å²) in [6.45, 7) is 1.92. The summed E-state index contributed by atoms with van der Waals surface area (Å²) in [4.78, 5) is 29.5. The molecule has 0 unspecified atom stereocenters. The van der Waals surface area contributed by atoms with Crippen LogP contribution in [-0.4, -0.2) is 48.2 Å². The van der Waals surface area contributed by atoms with Crippen molar-refractivity contribution < 1.29 is 0 Å². The van der Waals surface area contributed by atoms with Crippen molar-refractivity contribution in [1.29, 1.82) is 0 Å². The first-order valence-electron chi connectivity index (χ1n) is 34.0. The summed E-state index contributed by atoms with van der Waals surface area (Å²) in [7, 11) is 0. The Morgan fingerprint density at radius 1 is 0.198 bits per heavy atom. The molecule has 6 aromatic heterocycles. The van der Waals surface area contributed by atoms with Crippen molar-refractivity contribution in [2.75, 3.05) is 0 Å². The number of aryl methyl sites for hydroxylation is 1. The fourth-order valence-corrected chi connectivity index (χ4v) is 15.0. The van der Waals surface area contributed by atoms with Gasteiger partial charge in [-0.1, -0.05) is 249 Å². The molecule has 20 rings (SSSR count). The maximum Gasteiger partial charge on any atom is 0.238 e. The molecule has 20 aromatic rings. The Bertz CT molecular complexity index is 6500. The minimum atomic E-state index is 0.582. The SMILES string of the molecule is Cc1nc(-c2ccccc2)nc(-c2ccc(-n3c4ccccc4c4cccc(-c5ccc6c(c5)c5ccccc5n6-c5ccccc5)c43)cc2)n1.c1ccc(-c2nc(-c3ccccc3)nc(-n3c4ccccc4c4cccc(-c5ccc6c(c5)c5ccccc5n6-c5ccccc5)c43)n2)cc1. The number of benzene rings is 14. The highest BCUT2D eigenvalue weighted by Crippen LogP contribution is 2.44. The number of nitrogens with zero attached hydrogens (tertiary/aromatic N) is 10. The Morgan fingerprint density at radius 3 is 0.921 bits per heavy atom. The van der Waals surface area contributed by atoms with E-state index in [1.54, 1.807) is 0 Å². The number of para-hydroxylation sites is 8. The van der Waals surface area contributed by atoms with Crippen LogP contribution >= 0.6 is 0 Å². The second-order valence-electron chi connectivity index (χ2n) is 25.4. The first-order chi connectivity index (χ1) is 50.0. The standard InChI is InChI=1S/C46H31N5.C45H29N5/c1-30-47-45(31-13-4-2-5-14-31)49-46(48-30)32-23-26-35(27-24-32)51-42-22-11-8-17-37(42)39-20-12-19-36(44(39)51)33-25-28-43-40(29-33)38-18-9-10-21-41(38)50(43)34-15-6-3-7-16-34;1-4-15-30(16-5-1)43-46-44(31-17-6-2-7-18-31)48-45(47-43)50-40-26-13-10-21-35(40)37-24-14-23-34(42(37)50)32-27-28-41-38(29-32)36-22-11-12-25-39(36)49(41)33-19-8-3-9-20-33/h2-29H,1H3;1-29H. The van der Waals surface area contributed by atoms with Crippen molar-refractivity contribution in [3.8, 4) is 90.8 Å². The van der Waals surface area contributed by atoms with Crippen LogP contribution in [0.15, 0.2) is 346 Å². The van der Waals surface area contributed by atoms with Crippen LogP contribution in [0.2, 0.25) is 0 Å². The van der Waals surface area contributed by atoms with E-state index in [0.29, 0.717) is 35.1 Å². The number of rotatable bonds is 10. The van der Waals surface area contributed by atoms with Gasteiger partial charge in [0.25, 0.3) is 0 Å². The summed E-state index contributed by atoms with van der Waals surface area (Å²) in [5.41, 5.74) is 21.0. The van der Waals surface area contributed by atoms with Gasteiger partial charge in [0.2, 0.25) is 5.95 Å². The van der Waals surface area contributed by atoms with Crippen LogP contribution in [-0.2, 0) is 0 Å². The van der Waals surface area contributed by atoms with E-state index in [2.05, 4.69) is 278 Å². The van der Waals surface area contributed by atoms with Gasteiger partial charge in [-0.25, -0.2) is 19.9 Å². The molecule has 0 spiro atoms. The van der Waals surface area contributed by atoms with Crippen molar-refractivity contribution >= 4 is 87.2 Å². The van der Waals surface area contributed by atoms with Crippen molar-refractivity contribution in [1.82, 2.24) is 48.2 Å². The third-order valence-corrected chi connectivity index (χ3v) is 19.4. The molecule has 0 aliphatic rings. The van der Waals surface area contributed by atoms with Gasteiger partial charge < -0.3 is 13.7 Å². The lowest BCUT2D eigenvalue weighted by Gasteiger charge is -2.13. The van der Waals surface area contributed by atoms with E-state index in [1.807, 2.05) is 97.9 Å². The lowest BCUT2D eigenvalue weighted by atomic mass is 10.00. The molecule has 0 aliphatic heterocycles. The lowest BCUT2D eigenvalue weighted by molar-refractivity contribution is 0.954. The Labute approximate surface area is 581 Å².